The molecular formula is C32H45N3. The lowest BCUT2D eigenvalue weighted by molar-refractivity contribution is 0.253. The van der Waals surface area contributed by atoms with E-state index in [0.717, 1.165) is 44.3 Å². The van der Waals surface area contributed by atoms with Gasteiger partial charge < -0.3 is 9.80 Å². The molecule has 188 valence electrons. The highest BCUT2D eigenvalue weighted by Crippen LogP contribution is 2.24. The molecule has 3 heteroatoms. The number of aryl methyl sites for hydroxylation is 2. The van der Waals surface area contributed by atoms with Gasteiger partial charge in [-0.15, -0.1) is 0 Å². The molecule has 3 nitrogen and oxygen atoms in total. The maximum atomic E-state index is 4.43. The quantitative estimate of drug-likeness (QED) is 0.168. The molecule has 0 radical (unpaired) electrons. The molecule has 2 aromatic rings. The molecule has 0 amide bonds. The van der Waals surface area contributed by atoms with Crippen LogP contribution in [-0.2, 0) is 6.42 Å². The molecule has 0 saturated carbocycles. The topological polar surface area (TPSA) is 18.5 Å². The van der Waals surface area contributed by atoms with E-state index in [1.54, 1.807) is 0 Å². The summed E-state index contributed by atoms with van der Waals surface area (Å²) in [6.07, 6.45) is 6.00. The molecule has 0 fully saturated rings. The molecule has 1 atom stereocenters. The molecule has 35 heavy (non-hydrogen) atoms. The molecule has 0 bridgehead atoms. The first-order chi connectivity index (χ1) is 16.7. The van der Waals surface area contributed by atoms with Crippen LogP contribution in [0.2, 0.25) is 0 Å². The zero-order valence-corrected chi connectivity index (χ0v) is 22.6. The highest BCUT2D eigenvalue weighted by molar-refractivity contribution is 5.66. The molecule has 0 aliphatic rings. The Bertz CT molecular complexity index is 1000. The molecule has 0 heterocycles. The van der Waals surface area contributed by atoms with Crippen LogP contribution in [0.3, 0.4) is 0 Å². The highest BCUT2D eigenvalue weighted by atomic mass is 15.3. The van der Waals surface area contributed by atoms with Crippen LogP contribution in [0.1, 0.15) is 49.8 Å². The Balaban J connectivity index is 1.93. The van der Waals surface area contributed by atoms with Crippen molar-refractivity contribution in [3.05, 3.63) is 114 Å². The third-order valence-corrected chi connectivity index (χ3v) is 6.97. The highest BCUT2D eigenvalue weighted by Gasteiger charge is 2.18. The predicted octanol–water partition coefficient (Wildman–Crippen LogP) is 7.19. The van der Waals surface area contributed by atoms with Gasteiger partial charge in [0.2, 0.25) is 0 Å². The minimum Gasteiger partial charge on any atom is -0.378 e. The lowest BCUT2D eigenvalue weighted by atomic mass is 9.98. The third-order valence-electron chi connectivity index (χ3n) is 6.97. The van der Waals surface area contributed by atoms with Crippen molar-refractivity contribution in [3.8, 4) is 0 Å². The Kier molecular flexibility index (Phi) is 11.6. The van der Waals surface area contributed by atoms with Crippen LogP contribution in [0.4, 0.5) is 0 Å². The molecule has 1 unspecified atom stereocenters. The van der Waals surface area contributed by atoms with Crippen molar-refractivity contribution in [1.29, 1.82) is 0 Å². The van der Waals surface area contributed by atoms with Gasteiger partial charge in [-0.05, 0) is 74.4 Å². The van der Waals surface area contributed by atoms with E-state index in [0.29, 0.717) is 0 Å². The fourth-order valence-corrected chi connectivity index (χ4v) is 4.19. The lowest BCUT2D eigenvalue weighted by Gasteiger charge is -2.33. The smallest absolute Gasteiger partial charge is 0.0830 e. The first-order valence-corrected chi connectivity index (χ1v) is 12.7. The zero-order chi connectivity index (χ0) is 25.8. The molecule has 2 rings (SSSR count). The number of nitrogens with one attached hydrogen (secondary N) is 1. The molecule has 0 aromatic heterocycles. The van der Waals surface area contributed by atoms with Crippen molar-refractivity contribution in [2.45, 2.75) is 52.6 Å². The van der Waals surface area contributed by atoms with Crippen LogP contribution in [0.15, 0.2) is 97.4 Å². The van der Waals surface area contributed by atoms with Gasteiger partial charge in [-0.2, -0.15) is 0 Å². The number of nitrogens with zero attached hydrogens (tertiary/aromatic N) is 2. The number of hydrogen-bond donors (Lipinski definition) is 1. The Hall–Kier alpha value is -3.04. The Morgan fingerprint density at radius 1 is 1.00 bits per heavy atom. The van der Waals surface area contributed by atoms with E-state index in [1.165, 1.54) is 33.7 Å². The first-order valence-electron chi connectivity index (χ1n) is 12.7. The summed E-state index contributed by atoms with van der Waals surface area (Å²) in [4.78, 5) is 4.62. The molecule has 2 aromatic carbocycles. The fourth-order valence-electron chi connectivity index (χ4n) is 4.19. The largest absolute Gasteiger partial charge is 0.378 e. The number of hydrogen-bond acceptors (Lipinski definition) is 3. The van der Waals surface area contributed by atoms with E-state index in [1.807, 2.05) is 6.08 Å². The normalized spacial score (nSPS) is 12.5. The van der Waals surface area contributed by atoms with E-state index in [2.05, 4.69) is 124 Å². The van der Waals surface area contributed by atoms with Gasteiger partial charge in [0.05, 0.1) is 6.17 Å². The van der Waals surface area contributed by atoms with E-state index in [4.69, 9.17) is 0 Å². The molecule has 1 N–H and O–H groups in total. The van der Waals surface area contributed by atoms with Crippen LogP contribution in [0, 0.1) is 6.92 Å². The van der Waals surface area contributed by atoms with Gasteiger partial charge in [-0.3, -0.25) is 5.32 Å². The Morgan fingerprint density at radius 3 is 2.31 bits per heavy atom. The van der Waals surface area contributed by atoms with Crippen molar-refractivity contribution in [3.63, 3.8) is 0 Å². The number of rotatable bonds is 15. The van der Waals surface area contributed by atoms with Crippen molar-refractivity contribution in [2.75, 3.05) is 27.2 Å². The molecular weight excluding hydrogens is 426 g/mol. The molecule has 0 aliphatic carbocycles. The van der Waals surface area contributed by atoms with Crippen molar-refractivity contribution >= 4 is 5.57 Å². The minimum absolute atomic E-state index is 0.156. The van der Waals surface area contributed by atoms with Crippen LogP contribution in [0.5, 0.6) is 0 Å². The zero-order valence-electron chi connectivity index (χ0n) is 22.6. The molecule has 0 aliphatic heterocycles. The van der Waals surface area contributed by atoms with E-state index < -0.39 is 0 Å². The number of benzene rings is 2. The average Bonchev–Trinajstić information content (AvgIpc) is 2.88. The summed E-state index contributed by atoms with van der Waals surface area (Å²) in [6, 6.07) is 19.1. The SMILES string of the molecule is C=C/C(C)=C(/C)N(C)C(CC(=C)c1ccccc1C)NCCCN(C)C(=C)CCc1ccccc1. The maximum Gasteiger partial charge on any atom is 0.0830 e. The predicted molar refractivity (Wildman–Crippen MR) is 154 cm³/mol. The lowest BCUT2D eigenvalue weighted by Crippen LogP contribution is -2.44. The average molecular weight is 472 g/mol. The van der Waals surface area contributed by atoms with Crippen molar-refractivity contribution in [2.24, 2.45) is 0 Å². The van der Waals surface area contributed by atoms with Crippen molar-refractivity contribution < 1.29 is 0 Å². The van der Waals surface area contributed by atoms with E-state index in [-0.39, 0.29) is 6.17 Å². The Morgan fingerprint density at radius 2 is 1.66 bits per heavy atom. The summed E-state index contributed by atoms with van der Waals surface area (Å²) in [5.41, 5.74) is 8.63. The fraction of sp³-hybridized carbons (Fsp3) is 0.375. The first kappa shape index (κ1) is 28.2. The summed E-state index contributed by atoms with van der Waals surface area (Å²) < 4.78 is 0. The van der Waals surface area contributed by atoms with Crippen LogP contribution in [-0.4, -0.2) is 43.2 Å². The summed E-state index contributed by atoms with van der Waals surface area (Å²) in [5, 5.41) is 3.79. The standard InChI is InChI=1S/C32H45N3/c1-9-25(2)29(6)35(8)32(24-27(4)31-19-14-13-16-26(31)3)33-22-15-23-34(7)28(5)20-21-30-17-11-10-12-18-30/h9-14,16-19,32-33H,1,4-5,15,20-24H2,2-3,6-8H3/b29-25-. The van der Waals surface area contributed by atoms with Gasteiger partial charge >= 0.3 is 0 Å². The molecule has 0 spiro atoms. The second-order valence-corrected chi connectivity index (χ2v) is 9.50. The summed E-state index contributed by atoms with van der Waals surface area (Å²) in [7, 11) is 4.31. The summed E-state index contributed by atoms with van der Waals surface area (Å²) in [5.74, 6) is 0. The second-order valence-electron chi connectivity index (χ2n) is 9.50. The van der Waals surface area contributed by atoms with Crippen LogP contribution in [0.25, 0.3) is 5.57 Å². The third kappa shape index (κ3) is 8.92. The summed E-state index contributed by atoms with van der Waals surface area (Å²) in [6.45, 7) is 21.0. The minimum atomic E-state index is 0.156. The van der Waals surface area contributed by atoms with Crippen LogP contribution < -0.4 is 5.32 Å². The van der Waals surface area contributed by atoms with Gasteiger partial charge in [0.25, 0.3) is 0 Å². The summed E-state index contributed by atoms with van der Waals surface area (Å²) >= 11 is 0. The van der Waals surface area contributed by atoms with Gasteiger partial charge in [-0.1, -0.05) is 80.4 Å². The number of allylic oxidation sites excluding steroid dienone is 4. The van der Waals surface area contributed by atoms with E-state index >= 15 is 0 Å². The van der Waals surface area contributed by atoms with Gasteiger partial charge in [0.1, 0.15) is 0 Å². The van der Waals surface area contributed by atoms with Crippen LogP contribution >= 0.6 is 0 Å². The van der Waals surface area contributed by atoms with Gasteiger partial charge in [0, 0.05) is 38.5 Å². The maximum absolute atomic E-state index is 4.43. The second kappa shape index (κ2) is 14.4. The monoisotopic (exact) mass is 471 g/mol. The molecule has 0 saturated heterocycles. The van der Waals surface area contributed by atoms with Crippen molar-refractivity contribution in [1.82, 2.24) is 15.1 Å². The Labute approximate surface area is 214 Å². The van der Waals surface area contributed by atoms with Gasteiger partial charge in [0.15, 0.2) is 0 Å². The van der Waals surface area contributed by atoms with Gasteiger partial charge in [-0.25, -0.2) is 0 Å². The van der Waals surface area contributed by atoms with E-state index in [9.17, 15) is 0 Å².